The summed E-state index contributed by atoms with van der Waals surface area (Å²) in [7, 11) is 2.89. The first kappa shape index (κ1) is 50.5. The van der Waals surface area contributed by atoms with E-state index in [9.17, 15) is 29.7 Å². The molecule has 3 aliphatic heterocycles. The van der Waals surface area contributed by atoms with Gasteiger partial charge in [0.1, 0.15) is 34.7 Å². The maximum Gasteiger partial charge on any atom is 0.343 e. The van der Waals surface area contributed by atoms with Gasteiger partial charge >= 0.3 is 17.7 Å². The van der Waals surface area contributed by atoms with Crippen LogP contribution in [0.2, 0.25) is 0 Å². The highest BCUT2D eigenvalue weighted by Gasteiger charge is 2.53. The highest BCUT2D eigenvalue weighted by atomic mass is 16.7. The van der Waals surface area contributed by atoms with Crippen LogP contribution in [0.3, 0.4) is 0 Å². The molecule has 3 aromatic rings. The highest BCUT2D eigenvalue weighted by Crippen LogP contribution is 2.50. The molecule has 0 radical (unpaired) electrons. The van der Waals surface area contributed by atoms with E-state index in [1.165, 1.54) is 66.2 Å². The Morgan fingerprint density at radius 1 is 0.824 bits per heavy atom. The Kier molecular flexibility index (Phi) is 15.3. The summed E-state index contributed by atoms with van der Waals surface area (Å²) in [6.45, 7) is 14.2. The summed E-state index contributed by atoms with van der Waals surface area (Å²) in [6, 6.07) is 12.8. The predicted molar refractivity (Wildman–Crippen MR) is 251 cm³/mol. The smallest absolute Gasteiger partial charge is 0.343 e. The van der Waals surface area contributed by atoms with Crippen LogP contribution in [0.25, 0.3) is 0 Å². The van der Waals surface area contributed by atoms with Gasteiger partial charge in [-0.3, -0.25) is 19.2 Å². The fraction of sp³-hybridized carbons (Fsp3) is 0.385. The summed E-state index contributed by atoms with van der Waals surface area (Å²) in [5, 5.41) is 37.6. The second kappa shape index (κ2) is 20.6. The summed E-state index contributed by atoms with van der Waals surface area (Å²) in [5.74, 6) is -9.92. The molecule has 5 bridgehead atoms. The lowest BCUT2D eigenvalue weighted by atomic mass is 9.78. The van der Waals surface area contributed by atoms with Crippen molar-refractivity contribution in [3.63, 3.8) is 0 Å². The molecular weight excluding hydrogens is 877 g/mol. The van der Waals surface area contributed by atoms with E-state index < -0.39 is 117 Å². The number of nitrogens with zero attached hydrogens (tertiary/aromatic N) is 1. The maximum absolute atomic E-state index is 15.2. The SMILES string of the molecule is COc1ccc(NC2=C3N=C(O)/C(C)=C\C=C\C(C)C(O)C(C)C(O)C(C)C(OC(C)=O)C(C)C(OC)/C=C/OC4(C)Oc5c(C)c(OC(=O)c6ccc(C)cc6)c(c(c5C4=O)C2=O)C3=O)cc1. The number of ketones is 3. The van der Waals surface area contributed by atoms with Crippen LogP contribution in [0.4, 0.5) is 5.69 Å². The van der Waals surface area contributed by atoms with Gasteiger partial charge in [0.05, 0.1) is 53.9 Å². The van der Waals surface area contributed by atoms with Crippen molar-refractivity contribution in [2.75, 3.05) is 19.5 Å². The topological polar surface area (TPSA) is 226 Å². The lowest BCUT2D eigenvalue weighted by molar-refractivity contribution is -0.160. The minimum atomic E-state index is -2.18. The second-order valence-electron chi connectivity index (χ2n) is 17.6. The molecule has 16 nitrogen and oxygen atoms in total. The molecular formula is C52H58N2O14. The van der Waals surface area contributed by atoms with Gasteiger partial charge in [-0.1, -0.05) is 63.6 Å². The Morgan fingerprint density at radius 2 is 1.49 bits per heavy atom. The molecule has 3 aromatic carbocycles. The molecule has 0 fully saturated rings. The molecule has 0 spiro atoms. The Bertz CT molecular complexity index is 2640. The van der Waals surface area contributed by atoms with Gasteiger partial charge in [-0.25, -0.2) is 9.79 Å². The van der Waals surface area contributed by atoms with Gasteiger partial charge in [-0.15, -0.1) is 0 Å². The van der Waals surface area contributed by atoms with Crippen molar-refractivity contribution >= 4 is 40.9 Å². The molecule has 3 heterocycles. The minimum absolute atomic E-state index is 0.00145. The van der Waals surface area contributed by atoms with E-state index in [0.29, 0.717) is 11.4 Å². The molecule has 4 N–H and O–H groups in total. The molecule has 9 unspecified atom stereocenters. The normalized spacial score (nSPS) is 28.3. The number of ether oxygens (including phenoxy) is 6. The minimum Gasteiger partial charge on any atom is -0.497 e. The second-order valence-corrected chi connectivity index (χ2v) is 17.6. The van der Waals surface area contributed by atoms with Crippen molar-refractivity contribution in [3.05, 3.63) is 129 Å². The van der Waals surface area contributed by atoms with Crippen LogP contribution in [0.15, 0.2) is 101 Å². The third kappa shape index (κ3) is 10.0. The Morgan fingerprint density at radius 3 is 2.10 bits per heavy atom. The number of hydrogen-bond donors (Lipinski definition) is 4. The van der Waals surface area contributed by atoms with Crippen molar-refractivity contribution in [2.24, 2.45) is 28.7 Å². The fourth-order valence-electron chi connectivity index (χ4n) is 8.54. The number of methoxy groups -OCH3 is 2. The van der Waals surface area contributed by atoms with Gasteiger partial charge in [0.15, 0.2) is 0 Å². The largest absolute Gasteiger partial charge is 0.497 e. The molecule has 68 heavy (non-hydrogen) atoms. The van der Waals surface area contributed by atoms with Crippen molar-refractivity contribution in [1.82, 2.24) is 0 Å². The van der Waals surface area contributed by atoms with Crippen LogP contribution in [-0.4, -0.2) is 94.9 Å². The molecule has 9 atom stereocenters. The maximum atomic E-state index is 15.2. The zero-order chi connectivity index (χ0) is 49.9. The Balaban J connectivity index is 1.59. The number of benzene rings is 3. The summed E-state index contributed by atoms with van der Waals surface area (Å²) >= 11 is 0. The standard InChI is InChI=1S/C52H58N2O14/c1-25-15-17-33(18-16-25)51(62)67-47-31(7)48-39-37-38(47)45(59)41(40(44(37)58)53-34-19-21-35(63-10)22-20-34)54-50(61)27(3)14-12-13-26(2)42(56)29(5)43(57)30(6)46(66-32(8)55)28(4)36(64-11)23-24-65-52(9,68-48)49(39)60/h12-24,26,28-30,36,42-43,46,53,56-57H,1-11H3,(H,54,61)/b13-12+,24-23+,27-14-. The summed E-state index contributed by atoms with van der Waals surface area (Å²) < 4.78 is 35.2. The first-order chi connectivity index (χ1) is 32.1. The highest BCUT2D eigenvalue weighted by molar-refractivity contribution is 6.33. The number of fused-ring (bicyclic) bond motifs is 13. The number of esters is 2. The van der Waals surface area contributed by atoms with Gasteiger partial charge < -0.3 is 49.1 Å². The monoisotopic (exact) mass is 934 g/mol. The molecule has 0 aromatic heterocycles. The number of aryl methyl sites for hydroxylation is 1. The van der Waals surface area contributed by atoms with E-state index in [0.717, 1.165) is 11.8 Å². The van der Waals surface area contributed by atoms with E-state index in [-0.39, 0.29) is 28.0 Å². The van der Waals surface area contributed by atoms with Crippen LogP contribution in [0.1, 0.15) is 101 Å². The van der Waals surface area contributed by atoms with Crippen molar-refractivity contribution in [2.45, 2.75) is 92.5 Å². The third-order valence-corrected chi connectivity index (χ3v) is 12.7. The lowest BCUT2D eigenvalue weighted by Crippen LogP contribution is -2.46. The number of aliphatic imine (C=N–C) groups is 1. The van der Waals surface area contributed by atoms with E-state index >= 15 is 9.59 Å². The molecule has 0 saturated carbocycles. The lowest BCUT2D eigenvalue weighted by Gasteiger charge is -2.38. The number of carbonyl (C=O) groups excluding carboxylic acids is 5. The molecule has 0 saturated heterocycles. The van der Waals surface area contributed by atoms with Gasteiger partial charge in [0.25, 0.3) is 5.78 Å². The number of anilines is 1. The molecule has 16 heteroatoms. The molecule has 360 valence electrons. The van der Waals surface area contributed by atoms with Crippen molar-refractivity contribution in [1.29, 1.82) is 0 Å². The molecule has 7 rings (SSSR count). The van der Waals surface area contributed by atoms with Crippen LogP contribution < -0.4 is 19.5 Å². The number of allylic oxidation sites excluding steroid dienone is 4. The summed E-state index contributed by atoms with van der Waals surface area (Å²) in [5.41, 5.74) is -0.876. The number of rotatable bonds is 7. The molecule has 4 aliphatic rings. The van der Waals surface area contributed by atoms with E-state index in [1.807, 2.05) is 6.92 Å². The van der Waals surface area contributed by atoms with E-state index in [1.54, 1.807) is 76.2 Å². The average Bonchev–Trinajstić information content (AvgIpc) is 3.58. The van der Waals surface area contributed by atoms with E-state index in [4.69, 9.17) is 28.4 Å². The average molecular weight is 935 g/mol. The Hall–Kier alpha value is -6.88. The quantitative estimate of drug-likeness (QED) is 0.131. The number of Topliss-reactive ketones (excluding diaryl/α,β-unsaturated/α-hetero) is 3. The van der Waals surface area contributed by atoms with Crippen molar-refractivity contribution < 1.29 is 67.7 Å². The first-order valence-electron chi connectivity index (χ1n) is 22.2. The van der Waals surface area contributed by atoms with Gasteiger partial charge in [-0.05, 0) is 63.2 Å². The summed E-state index contributed by atoms with van der Waals surface area (Å²) in [4.78, 5) is 75.9. The zero-order valence-electron chi connectivity index (χ0n) is 39.9. The first-order valence-corrected chi connectivity index (χ1v) is 22.2. The molecule has 1 aliphatic carbocycles. The number of aliphatic hydroxyl groups is 3. The van der Waals surface area contributed by atoms with Crippen LogP contribution in [0, 0.1) is 37.5 Å². The number of hydrogen-bond acceptors (Lipinski definition) is 15. The molecule has 0 amide bonds. The van der Waals surface area contributed by atoms with Crippen LogP contribution in [-0.2, 0) is 19.0 Å². The van der Waals surface area contributed by atoms with E-state index in [2.05, 4.69) is 10.3 Å². The van der Waals surface area contributed by atoms with Crippen molar-refractivity contribution in [3.8, 4) is 17.2 Å². The predicted octanol–water partition coefficient (Wildman–Crippen LogP) is 7.74. The number of carbonyl (C=O) groups is 5. The third-order valence-electron chi connectivity index (χ3n) is 12.7. The van der Waals surface area contributed by atoms with Crippen LogP contribution in [0.5, 0.6) is 17.2 Å². The zero-order valence-corrected chi connectivity index (χ0v) is 39.9. The van der Waals surface area contributed by atoms with Gasteiger partial charge in [-0.2, -0.15) is 0 Å². The number of aliphatic hydroxyl groups excluding tert-OH is 3. The Labute approximate surface area is 394 Å². The van der Waals surface area contributed by atoms with Gasteiger partial charge in [0.2, 0.25) is 17.5 Å². The fourth-order valence-corrected chi connectivity index (χ4v) is 8.54. The van der Waals surface area contributed by atoms with Gasteiger partial charge in [0, 0.05) is 61.5 Å². The summed E-state index contributed by atoms with van der Waals surface area (Å²) in [6.07, 6.45) is 3.24. The number of nitrogens with one attached hydrogen (secondary N) is 1. The van der Waals surface area contributed by atoms with Crippen LogP contribution >= 0.6 is 0 Å².